The first kappa shape index (κ1) is 14.7. The van der Waals surface area contributed by atoms with Gasteiger partial charge in [-0.15, -0.1) is 0 Å². The molecule has 6 heteroatoms. The second-order valence-corrected chi connectivity index (χ2v) is 5.87. The van der Waals surface area contributed by atoms with E-state index in [1.165, 1.54) is 13.0 Å². The molecule has 0 aromatic heterocycles. The van der Waals surface area contributed by atoms with E-state index in [-0.39, 0.29) is 22.4 Å². The van der Waals surface area contributed by atoms with Crippen LogP contribution in [-0.2, 0) is 15.3 Å². The fourth-order valence-electron chi connectivity index (χ4n) is 3.18. The summed E-state index contributed by atoms with van der Waals surface area (Å²) in [5.41, 5.74) is -4.04. The minimum absolute atomic E-state index is 0.183. The fourth-order valence-corrected chi connectivity index (χ4v) is 3.18. The van der Waals surface area contributed by atoms with Gasteiger partial charge in [-0.2, -0.15) is 0 Å². The summed E-state index contributed by atoms with van der Waals surface area (Å²) in [6.07, 6.45) is -0.413. The van der Waals surface area contributed by atoms with E-state index in [1.807, 2.05) is 0 Å². The van der Waals surface area contributed by atoms with Crippen LogP contribution in [0.15, 0.2) is 35.5 Å². The van der Waals surface area contributed by atoms with Crippen LogP contribution in [0.3, 0.4) is 0 Å². The minimum Gasteiger partial charge on any atom is -0.459 e. The van der Waals surface area contributed by atoms with Gasteiger partial charge in [-0.3, -0.25) is 4.79 Å². The second kappa shape index (κ2) is 4.41. The molecule has 2 atom stereocenters. The highest BCUT2D eigenvalue weighted by molar-refractivity contribution is 6.16. The van der Waals surface area contributed by atoms with Gasteiger partial charge in [-0.05, 0) is 20.8 Å². The number of fused-ring (bicyclic) bond motifs is 3. The Hall–Kier alpha value is -2.18. The predicted octanol–water partition coefficient (Wildman–Crippen LogP) is 0.588. The first-order valence-electron chi connectivity index (χ1n) is 7.03. The molecule has 1 aromatic carbocycles. The summed E-state index contributed by atoms with van der Waals surface area (Å²) >= 11 is 0. The summed E-state index contributed by atoms with van der Waals surface area (Å²) in [6.45, 7) is 4.84. The van der Waals surface area contributed by atoms with Crippen LogP contribution >= 0.6 is 0 Å². The van der Waals surface area contributed by atoms with Gasteiger partial charge in [0.15, 0.2) is 0 Å². The van der Waals surface area contributed by atoms with Crippen LogP contribution in [-0.4, -0.2) is 33.7 Å². The van der Waals surface area contributed by atoms with E-state index in [0.717, 1.165) is 0 Å². The number of ketones is 1. The number of aliphatic hydroxyl groups is 2. The molecule has 0 amide bonds. The zero-order valence-corrected chi connectivity index (χ0v) is 12.5. The number of carbonyl (C=O) groups excluding carboxylic acids is 2. The third kappa shape index (κ3) is 1.56. The van der Waals surface area contributed by atoms with Crippen molar-refractivity contribution in [3.05, 3.63) is 46.7 Å². The van der Waals surface area contributed by atoms with E-state index < -0.39 is 29.2 Å². The lowest BCUT2D eigenvalue weighted by Gasteiger charge is -2.32. The molecule has 6 nitrogen and oxygen atoms in total. The molecule has 1 heterocycles. The molecule has 1 aromatic rings. The summed E-state index contributed by atoms with van der Waals surface area (Å²) in [7, 11) is 0. The molecule has 1 aliphatic heterocycles. The predicted molar refractivity (Wildman–Crippen MR) is 76.7 cm³/mol. The van der Waals surface area contributed by atoms with Crippen molar-refractivity contribution in [3.8, 4) is 0 Å². The lowest BCUT2D eigenvalue weighted by atomic mass is 9.85. The Morgan fingerprint density at radius 3 is 2.55 bits per heavy atom. The van der Waals surface area contributed by atoms with E-state index >= 15 is 0 Å². The van der Waals surface area contributed by atoms with Crippen LogP contribution in [0.25, 0.3) is 0 Å². The third-order valence-electron chi connectivity index (χ3n) is 4.07. The highest BCUT2D eigenvalue weighted by Gasteiger charge is 2.70. The molecule has 0 saturated carbocycles. The summed E-state index contributed by atoms with van der Waals surface area (Å²) in [5, 5.41) is 24.6. The molecule has 3 N–H and O–H groups in total. The highest BCUT2D eigenvalue weighted by Crippen LogP contribution is 2.51. The van der Waals surface area contributed by atoms with Crippen LogP contribution in [0.2, 0.25) is 0 Å². The van der Waals surface area contributed by atoms with Crippen molar-refractivity contribution in [1.29, 1.82) is 0 Å². The Morgan fingerprint density at radius 2 is 1.91 bits per heavy atom. The quantitative estimate of drug-likeness (QED) is 0.692. The summed E-state index contributed by atoms with van der Waals surface area (Å²) in [6, 6.07) is 6.33. The lowest BCUT2D eigenvalue weighted by Crippen LogP contribution is -2.56. The number of carbonyl (C=O) groups is 2. The number of esters is 1. The van der Waals surface area contributed by atoms with Crippen molar-refractivity contribution < 1.29 is 24.5 Å². The van der Waals surface area contributed by atoms with Crippen molar-refractivity contribution in [2.75, 3.05) is 0 Å². The molecule has 3 rings (SSSR count). The van der Waals surface area contributed by atoms with Gasteiger partial charge in [0.1, 0.15) is 5.57 Å². The Balaban J connectivity index is 2.17. The zero-order chi connectivity index (χ0) is 16.3. The molecule has 0 fully saturated rings. The highest BCUT2D eigenvalue weighted by atomic mass is 16.5. The molecular formula is C16H17NO5. The average Bonchev–Trinajstić information content (AvgIpc) is 2.74. The average molecular weight is 303 g/mol. The van der Waals surface area contributed by atoms with Crippen molar-refractivity contribution >= 4 is 11.8 Å². The minimum atomic E-state index is -2.38. The van der Waals surface area contributed by atoms with Crippen molar-refractivity contribution in [2.24, 2.45) is 0 Å². The lowest BCUT2D eigenvalue weighted by molar-refractivity contribution is -0.150. The number of allylic oxidation sites excluding steroid dienone is 1. The molecular weight excluding hydrogens is 286 g/mol. The summed E-state index contributed by atoms with van der Waals surface area (Å²) < 4.78 is 5.11. The van der Waals surface area contributed by atoms with E-state index in [4.69, 9.17) is 4.74 Å². The Bertz CT molecular complexity index is 723. The van der Waals surface area contributed by atoms with Gasteiger partial charge in [-0.25, -0.2) is 4.79 Å². The number of Topliss-reactive ketones (excluding diaryl/α,β-unsaturated/α-hetero) is 1. The molecule has 0 bridgehead atoms. The van der Waals surface area contributed by atoms with Gasteiger partial charge in [0, 0.05) is 16.8 Å². The fraction of sp³-hybridized carbons (Fsp3) is 0.375. The smallest absolute Gasteiger partial charge is 0.339 e. The molecule has 0 radical (unpaired) electrons. The van der Waals surface area contributed by atoms with Crippen LogP contribution in [0.4, 0.5) is 0 Å². The van der Waals surface area contributed by atoms with Crippen LogP contribution in [0.1, 0.15) is 36.7 Å². The van der Waals surface area contributed by atoms with Gasteiger partial charge in [0.05, 0.1) is 6.10 Å². The maximum Gasteiger partial charge on any atom is 0.339 e. The Morgan fingerprint density at radius 1 is 1.27 bits per heavy atom. The normalized spacial score (nSPS) is 29.5. The summed E-state index contributed by atoms with van der Waals surface area (Å²) in [4.78, 5) is 25.0. The molecule has 116 valence electrons. The third-order valence-corrected chi connectivity index (χ3v) is 4.07. The van der Waals surface area contributed by atoms with E-state index in [0.29, 0.717) is 0 Å². The molecule has 2 aliphatic rings. The summed E-state index contributed by atoms with van der Waals surface area (Å²) in [5.74, 6) is -1.54. The molecule has 0 unspecified atom stereocenters. The number of benzene rings is 1. The van der Waals surface area contributed by atoms with Crippen LogP contribution < -0.4 is 5.32 Å². The van der Waals surface area contributed by atoms with Gasteiger partial charge in [-0.1, -0.05) is 24.3 Å². The van der Waals surface area contributed by atoms with Crippen molar-refractivity contribution in [2.45, 2.75) is 38.2 Å². The second-order valence-electron chi connectivity index (χ2n) is 5.87. The number of hydrogen-bond donors (Lipinski definition) is 3. The molecule has 0 saturated heterocycles. The monoisotopic (exact) mass is 303 g/mol. The van der Waals surface area contributed by atoms with Crippen molar-refractivity contribution in [1.82, 2.24) is 5.32 Å². The number of nitrogens with one attached hydrogen (secondary N) is 1. The van der Waals surface area contributed by atoms with Gasteiger partial charge in [0.25, 0.3) is 0 Å². The van der Waals surface area contributed by atoms with E-state index in [1.54, 1.807) is 32.0 Å². The SMILES string of the molecule is CC1=C(C(=O)OC(C)C)[C@]2(O)C(=O)c3ccccc3[C@]2(O)N1. The molecule has 0 spiro atoms. The van der Waals surface area contributed by atoms with Gasteiger partial charge < -0.3 is 20.3 Å². The maximum atomic E-state index is 12.7. The maximum absolute atomic E-state index is 12.7. The Labute approximate surface area is 127 Å². The number of rotatable bonds is 2. The number of ether oxygens (including phenoxy) is 1. The Kier molecular flexibility index (Phi) is 2.95. The first-order valence-corrected chi connectivity index (χ1v) is 7.03. The molecule has 22 heavy (non-hydrogen) atoms. The first-order chi connectivity index (χ1) is 10.2. The van der Waals surface area contributed by atoms with Gasteiger partial charge >= 0.3 is 5.97 Å². The van der Waals surface area contributed by atoms with Gasteiger partial charge in [0.2, 0.25) is 17.1 Å². The number of hydrogen-bond acceptors (Lipinski definition) is 6. The standard InChI is InChI=1S/C16H17NO5/c1-8(2)22-14(19)12-9(3)17-16(21)11-7-5-4-6-10(11)13(18)15(12,16)20/h4-8,17,20-21H,1-3H3/t15-,16+/m0/s1. The zero-order valence-electron chi connectivity index (χ0n) is 12.5. The van der Waals surface area contributed by atoms with Crippen molar-refractivity contribution in [3.63, 3.8) is 0 Å². The van der Waals surface area contributed by atoms with E-state index in [9.17, 15) is 19.8 Å². The molecule has 1 aliphatic carbocycles. The van der Waals surface area contributed by atoms with Crippen LogP contribution in [0, 0.1) is 0 Å². The largest absolute Gasteiger partial charge is 0.459 e. The van der Waals surface area contributed by atoms with E-state index in [2.05, 4.69) is 5.32 Å². The van der Waals surface area contributed by atoms with Crippen LogP contribution in [0.5, 0.6) is 0 Å². The topological polar surface area (TPSA) is 95.9 Å².